The summed E-state index contributed by atoms with van der Waals surface area (Å²) in [6.07, 6.45) is 1.31. The predicted molar refractivity (Wildman–Crippen MR) is 111 cm³/mol. The minimum absolute atomic E-state index is 0.298. The average Bonchev–Trinajstić information content (AvgIpc) is 3.01. The van der Waals surface area contributed by atoms with Gasteiger partial charge in [-0.15, -0.1) is 11.3 Å². The number of nitrogens with zero attached hydrogens (tertiary/aromatic N) is 2. The highest BCUT2D eigenvalue weighted by atomic mass is 35.5. The zero-order valence-corrected chi connectivity index (χ0v) is 17.1. The number of carbonyl (C=O) groups excluding carboxylic acids is 2. The van der Waals surface area contributed by atoms with Gasteiger partial charge in [-0.1, -0.05) is 23.7 Å². The third kappa shape index (κ3) is 4.76. The molecule has 3 aromatic rings. The maximum atomic E-state index is 12.7. The third-order valence-corrected chi connectivity index (χ3v) is 5.10. The van der Waals surface area contributed by atoms with E-state index in [-0.39, 0.29) is 12.1 Å². The Morgan fingerprint density at radius 2 is 1.89 bits per heavy atom. The zero-order valence-electron chi connectivity index (χ0n) is 15.6. The van der Waals surface area contributed by atoms with E-state index >= 15 is 0 Å². The van der Waals surface area contributed by atoms with Crippen LogP contribution in [-0.4, -0.2) is 27.0 Å². The summed E-state index contributed by atoms with van der Waals surface area (Å²) in [7, 11) is 0. The fraction of sp³-hybridized carbons (Fsp3) is 0.263. The Morgan fingerprint density at radius 3 is 2.54 bits per heavy atom. The number of benzene rings is 1. The van der Waals surface area contributed by atoms with Crippen LogP contribution in [0.2, 0.25) is 5.02 Å². The minimum Gasteiger partial charge on any atom is -0.333 e. The Hall–Kier alpha value is -2.71. The van der Waals surface area contributed by atoms with Gasteiger partial charge >= 0.3 is 6.03 Å². The lowest BCUT2D eigenvalue weighted by atomic mass is 10.1. The van der Waals surface area contributed by atoms with Crippen LogP contribution in [0.5, 0.6) is 0 Å². The fourth-order valence-corrected chi connectivity index (χ4v) is 3.70. The predicted octanol–water partition coefficient (Wildman–Crippen LogP) is 3.40. The van der Waals surface area contributed by atoms with Crippen LogP contribution in [-0.2, 0) is 11.3 Å². The zero-order chi connectivity index (χ0) is 20.5. The van der Waals surface area contributed by atoms with Crippen molar-refractivity contribution in [3.05, 3.63) is 52.0 Å². The highest BCUT2D eigenvalue weighted by Gasteiger charge is 2.17. The number of nitrogens with one attached hydrogen (secondary N) is 2. The molecule has 0 aliphatic carbocycles. The number of halogens is 1. The molecule has 3 rings (SSSR count). The number of urea groups is 1. The number of aromatic nitrogens is 2. The molecular weight excluding hydrogens is 400 g/mol. The first-order valence-electron chi connectivity index (χ1n) is 8.49. The minimum atomic E-state index is -0.610. The second-order valence-electron chi connectivity index (χ2n) is 7.26. The van der Waals surface area contributed by atoms with E-state index in [0.717, 1.165) is 10.4 Å². The highest BCUT2D eigenvalue weighted by Crippen LogP contribution is 2.31. The van der Waals surface area contributed by atoms with Gasteiger partial charge in [0.1, 0.15) is 11.2 Å². The summed E-state index contributed by atoms with van der Waals surface area (Å²) >= 11 is 7.21. The monoisotopic (exact) mass is 418 g/mol. The van der Waals surface area contributed by atoms with E-state index in [1.165, 1.54) is 22.2 Å². The van der Waals surface area contributed by atoms with Gasteiger partial charge in [-0.2, -0.15) is 0 Å². The van der Waals surface area contributed by atoms with E-state index in [4.69, 9.17) is 11.6 Å². The number of hydrogen-bond acceptors (Lipinski definition) is 5. The second kappa shape index (κ2) is 7.73. The Labute approximate surface area is 170 Å². The molecule has 7 nitrogen and oxygen atoms in total. The molecule has 146 valence electrons. The van der Waals surface area contributed by atoms with Gasteiger partial charge in [-0.3, -0.25) is 19.5 Å². The van der Waals surface area contributed by atoms with Gasteiger partial charge in [0, 0.05) is 15.4 Å². The van der Waals surface area contributed by atoms with E-state index < -0.39 is 17.5 Å². The molecule has 0 radical (unpaired) electrons. The molecule has 0 spiro atoms. The first-order chi connectivity index (χ1) is 13.1. The van der Waals surface area contributed by atoms with Crippen molar-refractivity contribution in [1.29, 1.82) is 0 Å². The number of imide groups is 1. The summed E-state index contributed by atoms with van der Waals surface area (Å²) in [6.45, 7) is 5.10. The van der Waals surface area contributed by atoms with Crippen molar-refractivity contribution in [1.82, 2.24) is 20.2 Å². The number of fused-ring (bicyclic) bond motifs is 1. The summed E-state index contributed by atoms with van der Waals surface area (Å²) in [5.41, 5.74) is 0.676. The molecule has 2 N–H and O–H groups in total. The van der Waals surface area contributed by atoms with Gasteiger partial charge in [-0.25, -0.2) is 9.78 Å². The normalized spacial score (nSPS) is 11.4. The van der Waals surface area contributed by atoms with Crippen LogP contribution in [0.15, 0.2) is 41.5 Å². The topological polar surface area (TPSA) is 93.1 Å². The van der Waals surface area contributed by atoms with Gasteiger partial charge in [0.2, 0.25) is 5.91 Å². The maximum Gasteiger partial charge on any atom is 0.321 e. The van der Waals surface area contributed by atoms with Crippen LogP contribution in [0, 0.1) is 0 Å². The molecule has 2 aromatic heterocycles. The van der Waals surface area contributed by atoms with E-state index in [1.807, 2.05) is 18.2 Å². The van der Waals surface area contributed by atoms with Crippen molar-refractivity contribution in [3.63, 3.8) is 0 Å². The molecule has 0 atom stereocenters. The lowest BCUT2D eigenvalue weighted by Crippen LogP contribution is -2.49. The van der Waals surface area contributed by atoms with Crippen LogP contribution in [0.4, 0.5) is 4.79 Å². The third-order valence-electron chi connectivity index (χ3n) is 3.69. The van der Waals surface area contributed by atoms with Crippen molar-refractivity contribution in [2.45, 2.75) is 32.9 Å². The number of hydrogen-bond donors (Lipinski definition) is 2. The number of rotatable bonds is 3. The SMILES string of the molecule is CC(C)(C)NC(=O)NC(=O)Cn1cnc2cc(-c3ccc(Cl)cc3)sc2c1=O. The van der Waals surface area contributed by atoms with Gasteiger partial charge < -0.3 is 5.32 Å². The molecule has 1 aromatic carbocycles. The summed E-state index contributed by atoms with van der Waals surface area (Å²) in [4.78, 5) is 41.7. The van der Waals surface area contributed by atoms with Crippen molar-refractivity contribution < 1.29 is 9.59 Å². The maximum absolute atomic E-state index is 12.7. The Kier molecular flexibility index (Phi) is 5.53. The highest BCUT2D eigenvalue weighted by molar-refractivity contribution is 7.22. The smallest absolute Gasteiger partial charge is 0.321 e. The summed E-state index contributed by atoms with van der Waals surface area (Å²) < 4.78 is 1.63. The largest absolute Gasteiger partial charge is 0.333 e. The van der Waals surface area contributed by atoms with E-state index in [0.29, 0.717) is 15.2 Å². The van der Waals surface area contributed by atoms with Crippen LogP contribution in [0.1, 0.15) is 20.8 Å². The molecular formula is C19H19ClN4O3S. The number of carbonyl (C=O) groups is 2. The summed E-state index contributed by atoms with van der Waals surface area (Å²) in [5, 5.41) is 5.47. The standard InChI is InChI=1S/C19H19ClN4O3S/c1-19(2,3)23-18(27)22-15(25)9-24-10-21-13-8-14(28-16(13)17(24)26)11-4-6-12(20)7-5-11/h4-8,10H,9H2,1-3H3,(H2,22,23,25,27). The van der Waals surface area contributed by atoms with Crippen LogP contribution >= 0.6 is 22.9 Å². The molecule has 9 heteroatoms. The van der Waals surface area contributed by atoms with Crippen molar-refractivity contribution in [2.24, 2.45) is 0 Å². The Morgan fingerprint density at radius 1 is 1.21 bits per heavy atom. The van der Waals surface area contributed by atoms with E-state index in [2.05, 4.69) is 15.6 Å². The molecule has 0 saturated carbocycles. The van der Waals surface area contributed by atoms with Crippen LogP contribution < -0.4 is 16.2 Å². The summed E-state index contributed by atoms with van der Waals surface area (Å²) in [5.74, 6) is -0.598. The average molecular weight is 419 g/mol. The van der Waals surface area contributed by atoms with Gasteiger partial charge in [-0.05, 0) is 44.5 Å². The van der Waals surface area contributed by atoms with E-state index in [9.17, 15) is 14.4 Å². The van der Waals surface area contributed by atoms with Gasteiger partial charge in [0.25, 0.3) is 5.56 Å². The molecule has 0 unspecified atom stereocenters. The first kappa shape index (κ1) is 20.0. The van der Waals surface area contributed by atoms with Crippen molar-refractivity contribution in [2.75, 3.05) is 0 Å². The Balaban J connectivity index is 1.80. The fourth-order valence-electron chi connectivity index (χ4n) is 2.51. The molecule has 0 fully saturated rings. The number of thiophene rings is 1. The summed E-state index contributed by atoms with van der Waals surface area (Å²) in [6, 6.07) is 8.51. The lowest BCUT2D eigenvalue weighted by molar-refractivity contribution is -0.120. The first-order valence-corrected chi connectivity index (χ1v) is 9.69. The molecule has 0 aliphatic heterocycles. The van der Waals surface area contributed by atoms with E-state index in [1.54, 1.807) is 32.9 Å². The number of amides is 3. The second-order valence-corrected chi connectivity index (χ2v) is 8.75. The van der Waals surface area contributed by atoms with Crippen molar-refractivity contribution >= 4 is 45.1 Å². The van der Waals surface area contributed by atoms with Crippen molar-refractivity contribution in [3.8, 4) is 10.4 Å². The lowest BCUT2D eigenvalue weighted by Gasteiger charge is -2.20. The Bertz CT molecular complexity index is 1100. The molecule has 0 bridgehead atoms. The molecule has 3 amide bonds. The van der Waals surface area contributed by atoms with Gasteiger partial charge in [0.05, 0.1) is 11.8 Å². The molecule has 28 heavy (non-hydrogen) atoms. The van der Waals surface area contributed by atoms with Crippen LogP contribution in [0.3, 0.4) is 0 Å². The molecule has 0 saturated heterocycles. The van der Waals surface area contributed by atoms with Crippen LogP contribution in [0.25, 0.3) is 20.7 Å². The molecule has 2 heterocycles. The molecule has 0 aliphatic rings. The van der Waals surface area contributed by atoms with Gasteiger partial charge in [0.15, 0.2) is 0 Å². The quantitative estimate of drug-likeness (QED) is 0.681.